The Morgan fingerprint density at radius 2 is 1.65 bits per heavy atom. The monoisotopic (exact) mass is 472 g/mol. The van der Waals surface area contributed by atoms with Crippen molar-refractivity contribution in [2.75, 3.05) is 5.32 Å². The molecule has 0 saturated carbocycles. The van der Waals surface area contributed by atoms with E-state index in [9.17, 15) is 18.0 Å². The van der Waals surface area contributed by atoms with Gasteiger partial charge in [-0.05, 0) is 43.5 Å². The van der Waals surface area contributed by atoms with Crippen LogP contribution in [0.3, 0.4) is 0 Å². The summed E-state index contributed by atoms with van der Waals surface area (Å²) in [6, 6.07) is 14.9. The van der Waals surface area contributed by atoms with Crippen LogP contribution in [0.1, 0.15) is 80.2 Å². The fraction of sp³-hybridized carbons (Fsp3) is 0.385. The van der Waals surface area contributed by atoms with E-state index in [2.05, 4.69) is 15.7 Å². The summed E-state index contributed by atoms with van der Waals surface area (Å²) in [5, 5.41) is 10.8. The second kappa shape index (κ2) is 9.91. The van der Waals surface area contributed by atoms with Crippen molar-refractivity contribution in [1.82, 2.24) is 15.1 Å². The summed E-state index contributed by atoms with van der Waals surface area (Å²) in [4.78, 5) is 13.2. The number of nitrogens with one attached hydrogen (secondary N) is 2. The second-order valence-electron chi connectivity index (χ2n) is 8.34. The molecule has 0 fully saturated rings. The number of aromatic nitrogens is 2. The summed E-state index contributed by atoms with van der Waals surface area (Å²) < 4.78 is 40.6. The van der Waals surface area contributed by atoms with Gasteiger partial charge in [-0.1, -0.05) is 63.2 Å². The Hall–Kier alpha value is -3.29. The molecule has 1 aliphatic rings. The van der Waals surface area contributed by atoms with Crippen LogP contribution in [0.25, 0.3) is 0 Å². The highest BCUT2D eigenvalue weighted by Crippen LogP contribution is 2.40. The van der Waals surface area contributed by atoms with Crippen LogP contribution < -0.4 is 10.6 Å². The van der Waals surface area contributed by atoms with Gasteiger partial charge in [0.25, 0.3) is 5.91 Å². The van der Waals surface area contributed by atoms with Crippen molar-refractivity contribution in [2.45, 2.75) is 64.8 Å². The summed E-state index contributed by atoms with van der Waals surface area (Å²) in [6.07, 6.45) is -2.37. The number of alkyl halides is 3. The average Bonchev–Trinajstić information content (AvgIpc) is 3.40. The van der Waals surface area contributed by atoms with E-state index in [-0.39, 0.29) is 18.0 Å². The van der Waals surface area contributed by atoms with Crippen molar-refractivity contribution in [3.8, 4) is 0 Å². The number of amides is 1. The van der Waals surface area contributed by atoms with Crippen molar-refractivity contribution < 1.29 is 18.0 Å². The molecular weight excluding hydrogens is 441 g/mol. The molecule has 3 aromatic rings. The van der Waals surface area contributed by atoms with E-state index in [0.29, 0.717) is 23.4 Å². The van der Waals surface area contributed by atoms with E-state index in [1.807, 2.05) is 58.0 Å². The van der Waals surface area contributed by atoms with Gasteiger partial charge in [-0.25, -0.2) is 4.68 Å². The second-order valence-corrected chi connectivity index (χ2v) is 8.34. The van der Waals surface area contributed by atoms with Gasteiger partial charge in [-0.3, -0.25) is 4.79 Å². The third-order valence-corrected chi connectivity index (χ3v) is 6.31. The van der Waals surface area contributed by atoms with Crippen molar-refractivity contribution in [2.24, 2.45) is 0 Å². The van der Waals surface area contributed by atoms with Crippen LogP contribution in [0.15, 0.2) is 60.8 Å². The lowest BCUT2D eigenvalue weighted by Gasteiger charge is -2.30. The first-order chi connectivity index (χ1) is 16.1. The molecule has 1 aliphatic heterocycles. The molecule has 0 saturated heterocycles. The van der Waals surface area contributed by atoms with Gasteiger partial charge in [0.1, 0.15) is 11.4 Å². The molecule has 8 heteroatoms. The fourth-order valence-corrected chi connectivity index (χ4v) is 4.12. The highest BCUT2D eigenvalue weighted by Gasteiger charge is 2.36. The zero-order chi connectivity index (χ0) is 25.1. The molecular formula is C26H31F3N4O. The highest BCUT2D eigenvalue weighted by atomic mass is 19.4. The number of halogens is 3. The van der Waals surface area contributed by atoms with E-state index in [0.717, 1.165) is 17.7 Å². The van der Waals surface area contributed by atoms with Gasteiger partial charge in [-0.2, -0.15) is 18.3 Å². The summed E-state index contributed by atoms with van der Waals surface area (Å²) in [5.41, 5.74) is 0.556. The number of fused-ring (bicyclic) bond motifs is 1. The van der Waals surface area contributed by atoms with Crippen LogP contribution in [0.2, 0.25) is 0 Å². The lowest BCUT2D eigenvalue weighted by atomic mass is 9.88. The molecule has 3 unspecified atom stereocenters. The smallest absolute Gasteiger partial charge is 0.361 e. The Balaban J connectivity index is 0.00000158. The lowest BCUT2D eigenvalue weighted by molar-refractivity contribution is -0.137. The molecule has 0 aliphatic carbocycles. The van der Waals surface area contributed by atoms with Gasteiger partial charge in [0.15, 0.2) is 0 Å². The molecule has 0 spiro atoms. The maximum absolute atomic E-state index is 13.2. The Morgan fingerprint density at radius 3 is 2.21 bits per heavy atom. The summed E-state index contributed by atoms with van der Waals surface area (Å²) >= 11 is 0. The minimum Gasteiger partial charge on any atom is -0.361 e. The van der Waals surface area contributed by atoms with Crippen LogP contribution in [0, 0.1) is 0 Å². The molecule has 2 N–H and O–H groups in total. The van der Waals surface area contributed by atoms with E-state index < -0.39 is 17.3 Å². The molecule has 1 amide bonds. The first-order valence-corrected chi connectivity index (χ1v) is 11.5. The van der Waals surface area contributed by atoms with Gasteiger partial charge in [0, 0.05) is 0 Å². The Labute approximate surface area is 198 Å². The van der Waals surface area contributed by atoms with Crippen LogP contribution in [0.5, 0.6) is 0 Å². The summed E-state index contributed by atoms with van der Waals surface area (Å²) in [6.45, 7) is 9.72. The number of benzene rings is 2. The predicted molar refractivity (Wildman–Crippen MR) is 128 cm³/mol. The highest BCUT2D eigenvalue weighted by molar-refractivity contribution is 5.99. The molecule has 1 aromatic heterocycles. The quantitative estimate of drug-likeness (QED) is 0.434. The number of carbonyl (C=O) groups is 1. The first kappa shape index (κ1) is 25.3. The van der Waals surface area contributed by atoms with Crippen molar-refractivity contribution >= 4 is 11.7 Å². The molecule has 2 heterocycles. The third-order valence-electron chi connectivity index (χ3n) is 6.31. The zero-order valence-corrected chi connectivity index (χ0v) is 20.1. The number of carbonyl (C=O) groups excluding carboxylic acids is 1. The maximum Gasteiger partial charge on any atom is 0.416 e. The average molecular weight is 473 g/mol. The molecule has 0 radical (unpaired) electrons. The van der Waals surface area contributed by atoms with Gasteiger partial charge in [-0.15, -0.1) is 0 Å². The topological polar surface area (TPSA) is 59.0 Å². The van der Waals surface area contributed by atoms with Crippen LogP contribution in [-0.2, 0) is 11.7 Å². The van der Waals surface area contributed by atoms with Gasteiger partial charge in [0.2, 0.25) is 0 Å². The van der Waals surface area contributed by atoms with E-state index in [1.165, 1.54) is 18.3 Å². The molecule has 5 nitrogen and oxygen atoms in total. The van der Waals surface area contributed by atoms with Gasteiger partial charge >= 0.3 is 6.18 Å². The van der Waals surface area contributed by atoms with Gasteiger partial charge in [0.05, 0.1) is 29.4 Å². The Morgan fingerprint density at radius 1 is 1.06 bits per heavy atom. The summed E-state index contributed by atoms with van der Waals surface area (Å²) in [5.74, 6) is 0.304. The molecule has 3 atom stereocenters. The third kappa shape index (κ3) is 4.81. The van der Waals surface area contributed by atoms with E-state index >= 15 is 0 Å². The largest absolute Gasteiger partial charge is 0.416 e. The SMILES string of the molecule is CC.CCC(C)(NC(=O)c1cnn2c1NC(c1ccccc1)C2C)c1ccc(C(F)(F)F)cc1. The Kier molecular flexibility index (Phi) is 7.38. The van der Waals surface area contributed by atoms with Crippen molar-refractivity contribution in [3.63, 3.8) is 0 Å². The number of rotatable bonds is 5. The van der Waals surface area contributed by atoms with Crippen molar-refractivity contribution in [1.29, 1.82) is 0 Å². The number of hydrogen-bond acceptors (Lipinski definition) is 3. The van der Waals surface area contributed by atoms with Crippen LogP contribution >= 0.6 is 0 Å². The number of hydrogen-bond donors (Lipinski definition) is 2. The minimum absolute atomic E-state index is 0.0149. The first-order valence-electron chi connectivity index (χ1n) is 11.5. The number of nitrogens with zero attached hydrogens (tertiary/aromatic N) is 2. The maximum atomic E-state index is 13.2. The molecule has 2 aromatic carbocycles. The molecule has 0 bridgehead atoms. The lowest BCUT2D eigenvalue weighted by Crippen LogP contribution is -2.43. The van der Waals surface area contributed by atoms with Gasteiger partial charge < -0.3 is 10.6 Å². The normalized spacial score (nSPS) is 18.7. The van der Waals surface area contributed by atoms with E-state index in [1.54, 1.807) is 11.6 Å². The van der Waals surface area contributed by atoms with Crippen molar-refractivity contribution in [3.05, 3.63) is 83.0 Å². The number of anilines is 1. The molecule has 4 rings (SSSR count). The minimum atomic E-state index is -4.40. The van der Waals surface area contributed by atoms with E-state index in [4.69, 9.17) is 0 Å². The molecule has 182 valence electrons. The standard InChI is InChI=1S/C24H25F3N4O.C2H6/c1-4-23(3,17-10-12-18(13-11-17)24(25,26)27)30-22(32)19-14-28-31-15(2)20(29-21(19)31)16-8-6-5-7-9-16;1-2/h5-15,20,29H,4H2,1-3H3,(H,30,32);1-2H3. The van der Waals surface area contributed by atoms with Crippen LogP contribution in [0.4, 0.5) is 19.0 Å². The Bertz CT molecular complexity index is 1110. The predicted octanol–water partition coefficient (Wildman–Crippen LogP) is 6.71. The van der Waals surface area contributed by atoms with Crippen LogP contribution in [-0.4, -0.2) is 15.7 Å². The fourth-order valence-electron chi connectivity index (χ4n) is 4.12. The zero-order valence-electron chi connectivity index (χ0n) is 20.1. The summed E-state index contributed by atoms with van der Waals surface area (Å²) in [7, 11) is 0. The molecule has 34 heavy (non-hydrogen) atoms.